The zero-order valence-corrected chi connectivity index (χ0v) is 23.3. The van der Waals surface area contributed by atoms with E-state index in [9.17, 15) is 29.2 Å². The number of nitrogens with one attached hydrogen (secondary N) is 2. The van der Waals surface area contributed by atoms with E-state index in [-0.39, 0.29) is 25.7 Å². The van der Waals surface area contributed by atoms with Crippen molar-refractivity contribution in [3.8, 4) is 0 Å². The number of rotatable bonds is 12. The molecule has 2 aliphatic heterocycles. The van der Waals surface area contributed by atoms with Crippen molar-refractivity contribution >= 4 is 5.84 Å². The number of hydrogen-bond acceptors (Lipinski definition) is 14. The smallest absolute Gasteiger partial charge is 0.271 e. The number of halogens is 2. The van der Waals surface area contributed by atoms with Crippen molar-refractivity contribution in [1.29, 1.82) is 0 Å². The number of likely N-dealkylation sites (N-methyl/N-ethyl adjacent to an activating group) is 1. The summed E-state index contributed by atoms with van der Waals surface area (Å²) in [6, 6.07) is -3.48. The Hall–Kier alpha value is -1.19. The van der Waals surface area contributed by atoms with Gasteiger partial charge in [-0.1, -0.05) is 0 Å². The molecular formula is C24H46F2N6O9. The summed E-state index contributed by atoms with van der Waals surface area (Å²) in [6.45, 7) is 2.01. The van der Waals surface area contributed by atoms with Gasteiger partial charge in [-0.3, -0.25) is 4.99 Å². The molecule has 2 heterocycles. The molecule has 0 amide bonds. The third-order valence-electron chi connectivity index (χ3n) is 7.73. The van der Waals surface area contributed by atoms with E-state index in [1.807, 2.05) is 0 Å². The van der Waals surface area contributed by atoms with Crippen LogP contribution >= 0.6 is 0 Å². The minimum absolute atomic E-state index is 0.0365. The molecule has 0 bridgehead atoms. The Balaban J connectivity index is 1.82. The third kappa shape index (κ3) is 8.47. The second-order valence-corrected chi connectivity index (χ2v) is 11.1. The lowest BCUT2D eigenvalue weighted by Crippen LogP contribution is -2.67. The molecule has 0 aromatic heterocycles. The van der Waals surface area contributed by atoms with Crippen LogP contribution in [-0.4, -0.2) is 150 Å². The standard InChI is InChI=1S/C24H46F2N6O9/c1-24(37)9-38-23(15(35)19(24)30-2)41-18-13(32-21(29)16(36)20(25)26)7-12(28)17(14(18)34)40-22-11(27)4-3-10(39-22)8-31-5-6-33/h10-20,22-23,30-31,33-37H,3-9,27-28H2,1-2H3,(H2,29,32)/t10-,11?,12-,13+,14?,15?,16?,17?,18?,19+,22+,23+,24?/m0/s1. The van der Waals surface area contributed by atoms with Crippen LogP contribution in [0.25, 0.3) is 0 Å². The summed E-state index contributed by atoms with van der Waals surface area (Å²) in [5.74, 6) is -0.783. The highest BCUT2D eigenvalue weighted by Crippen LogP contribution is 2.33. The summed E-state index contributed by atoms with van der Waals surface area (Å²) in [5, 5.41) is 57.5. The Morgan fingerprint density at radius 2 is 1.80 bits per heavy atom. The lowest BCUT2D eigenvalue weighted by atomic mass is 9.83. The number of hydrogen-bond donors (Lipinski definition) is 10. The van der Waals surface area contributed by atoms with Gasteiger partial charge < -0.3 is 72.3 Å². The van der Waals surface area contributed by atoms with Crippen LogP contribution in [0.5, 0.6) is 0 Å². The summed E-state index contributed by atoms with van der Waals surface area (Å²) in [5.41, 5.74) is 16.8. The van der Waals surface area contributed by atoms with Crippen LogP contribution in [-0.2, 0) is 18.9 Å². The molecule has 3 fully saturated rings. The molecule has 13 atom stereocenters. The van der Waals surface area contributed by atoms with E-state index in [4.69, 9.17) is 41.3 Å². The molecule has 17 heteroatoms. The van der Waals surface area contributed by atoms with Gasteiger partial charge in [0.05, 0.1) is 37.4 Å². The van der Waals surface area contributed by atoms with Gasteiger partial charge in [-0.05, 0) is 33.2 Å². The fourth-order valence-electron chi connectivity index (χ4n) is 5.46. The molecule has 0 spiro atoms. The van der Waals surface area contributed by atoms with Gasteiger partial charge in [0.15, 0.2) is 18.7 Å². The molecule has 3 aliphatic rings. The van der Waals surface area contributed by atoms with Crippen molar-refractivity contribution in [2.24, 2.45) is 22.2 Å². The first-order chi connectivity index (χ1) is 19.3. The van der Waals surface area contributed by atoms with Gasteiger partial charge in [0.2, 0.25) is 0 Å². The Bertz CT molecular complexity index is 849. The van der Waals surface area contributed by atoms with Crippen molar-refractivity contribution in [3.05, 3.63) is 0 Å². The average Bonchev–Trinajstić information content (AvgIpc) is 2.91. The van der Waals surface area contributed by atoms with Crippen LogP contribution in [0.4, 0.5) is 8.78 Å². The van der Waals surface area contributed by atoms with Crippen molar-refractivity contribution < 1.29 is 53.3 Å². The maximum absolute atomic E-state index is 13.1. The number of amidine groups is 1. The van der Waals surface area contributed by atoms with Gasteiger partial charge in [-0.2, -0.15) is 0 Å². The Morgan fingerprint density at radius 1 is 1.12 bits per heavy atom. The molecule has 2 saturated heterocycles. The predicted octanol–water partition coefficient (Wildman–Crippen LogP) is -4.33. The number of nitrogens with two attached hydrogens (primary N) is 3. The van der Waals surface area contributed by atoms with Gasteiger partial charge in [-0.15, -0.1) is 0 Å². The van der Waals surface area contributed by atoms with Crippen LogP contribution in [0.15, 0.2) is 4.99 Å². The van der Waals surface area contributed by atoms with E-state index >= 15 is 0 Å². The third-order valence-corrected chi connectivity index (χ3v) is 7.73. The fourth-order valence-corrected chi connectivity index (χ4v) is 5.46. The average molecular weight is 601 g/mol. The Kier molecular flexibility index (Phi) is 12.6. The normalized spacial score (nSPS) is 43.3. The van der Waals surface area contributed by atoms with E-state index in [0.717, 1.165) is 0 Å². The number of alkyl halides is 2. The summed E-state index contributed by atoms with van der Waals surface area (Å²) in [6.07, 6.45) is -12.5. The fraction of sp³-hybridized carbons (Fsp3) is 0.958. The molecule has 0 aromatic carbocycles. The Labute approximate surface area is 237 Å². The van der Waals surface area contributed by atoms with E-state index in [1.165, 1.54) is 14.0 Å². The number of aliphatic hydroxyl groups excluding tert-OH is 4. The highest BCUT2D eigenvalue weighted by atomic mass is 19.3. The van der Waals surface area contributed by atoms with Crippen molar-refractivity contribution in [2.75, 3.05) is 33.4 Å². The molecule has 240 valence electrons. The summed E-state index contributed by atoms with van der Waals surface area (Å²) in [7, 11) is 1.53. The lowest BCUT2D eigenvalue weighted by molar-refractivity contribution is -0.306. The highest BCUT2D eigenvalue weighted by Gasteiger charge is 2.51. The quantitative estimate of drug-likeness (QED) is 0.0578. The highest BCUT2D eigenvalue weighted by molar-refractivity contribution is 5.85. The zero-order valence-electron chi connectivity index (χ0n) is 23.3. The predicted molar refractivity (Wildman–Crippen MR) is 141 cm³/mol. The van der Waals surface area contributed by atoms with Gasteiger partial charge in [0.1, 0.15) is 35.9 Å². The van der Waals surface area contributed by atoms with Crippen molar-refractivity contribution in [1.82, 2.24) is 10.6 Å². The maximum Gasteiger partial charge on any atom is 0.271 e. The molecule has 15 nitrogen and oxygen atoms in total. The molecule has 13 N–H and O–H groups in total. The maximum atomic E-state index is 13.1. The monoisotopic (exact) mass is 600 g/mol. The van der Waals surface area contributed by atoms with Gasteiger partial charge in [0.25, 0.3) is 6.43 Å². The molecule has 7 unspecified atom stereocenters. The number of aliphatic imine (C=N–C) groups is 1. The number of nitrogens with zero attached hydrogens (tertiary/aromatic N) is 1. The van der Waals surface area contributed by atoms with Crippen LogP contribution in [0.3, 0.4) is 0 Å². The van der Waals surface area contributed by atoms with Crippen LogP contribution in [0, 0.1) is 0 Å². The molecule has 41 heavy (non-hydrogen) atoms. The molecule has 1 aliphatic carbocycles. The molecule has 1 saturated carbocycles. The number of ether oxygens (including phenoxy) is 4. The minimum atomic E-state index is -3.21. The van der Waals surface area contributed by atoms with Crippen molar-refractivity contribution in [3.63, 3.8) is 0 Å². The molecular weight excluding hydrogens is 554 g/mol. The molecule has 3 rings (SSSR count). The Morgan fingerprint density at radius 3 is 2.44 bits per heavy atom. The van der Waals surface area contributed by atoms with Crippen molar-refractivity contribution in [2.45, 2.75) is 112 Å². The largest absolute Gasteiger partial charge is 0.395 e. The molecule has 0 aromatic rings. The van der Waals surface area contributed by atoms with E-state index in [2.05, 4.69) is 15.6 Å². The van der Waals surface area contributed by atoms with Gasteiger partial charge >= 0.3 is 0 Å². The first kappa shape index (κ1) is 34.3. The van der Waals surface area contributed by atoms with Crippen LogP contribution < -0.4 is 27.8 Å². The topological polar surface area (TPSA) is 253 Å². The summed E-state index contributed by atoms with van der Waals surface area (Å²) < 4.78 is 49.8. The summed E-state index contributed by atoms with van der Waals surface area (Å²) >= 11 is 0. The van der Waals surface area contributed by atoms with E-state index in [0.29, 0.717) is 25.9 Å². The van der Waals surface area contributed by atoms with Gasteiger partial charge in [0, 0.05) is 19.1 Å². The van der Waals surface area contributed by atoms with E-state index in [1.54, 1.807) is 0 Å². The second-order valence-electron chi connectivity index (χ2n) is 11.1. The zero-order chi connectivity index (χ0) is 30.5. The van der Waals surface area contributed by atoms with Gasteiger partial charge in [-0.25, -0.2) is 8.78 Å². The second kappa shape index (κ2) is 15.0. The van der Waals surface area contributed by atoms with Crippen LogP contribution in [0.2, 0.25) is 0 Å². The summed E-state index contributed by atoms with van der Waals surface area (Å²) in [4.78, 5) is 4.00. The number of aliphatic hydroxyl groups is 5. The molecule has 0 radical (unpaired) electrons. The van der Waals surface area contributed by atoms with Crippen LogP contribution in [0.1, 0.15) is 26.2 Å². The first-order valence-corrected chi connectivity index (χ1v) is 13.8. The first-order valence-electron chi connectivity index (χ1n) is 13.8. The lowest BCUT2D eigenvalue weighted by Gasteiger charge is -2.48. The minimum Gasteiger partial charge on any atom is -0.395 e. The van der Waals surface area contributed by atoms with E-state index < -0.39 is 85.1 Å². The SMILES string of the molecule is CN[C@@H]1C(O)[C@@H](OC2C(O)C(O[C@H]3O[C@H](CNCCO)CCC3N)[C@@H](N)C[C@H]2N=C(N)C(O)C(F)F)OCC1(C)O.